The second-order valence-electron chi connectivity index (χ2n) is 11.2. The molecule has 2 saturated carbocycles. The summed E-state index contributed by atoms with van der Waals surface area (Å²) in [7, 11) is 0. The zero-order chi connectivity index (χ0) is 22.9. The van der Waals surface area contributed by atoms with E-state index in [0.717, 1.165) is 56.9 Å². The average Bonchev–Trinajstić information content (AvgIpc) is 3.21. The van der Waals surface area contributed by atoms with Crippen LogP contribution in [0.1, 0.15) is 90.5 Å². The van der Waals surface area contributed by atoms with Gasteiger partial charge in [0.05, 0.1) is 17.4 Å². The van der Waals surface area contributed by atoms with Crippen LogP contribution < -0.4 is 0 Å². The Hall–Kier alpha value is -1.87. The second kappa shape index (κ2) is 9.17. The molecule has 1 aliphatic heterocycles. The predicted molar refractivity (Wildman–Crippen MR) is 123 cm³/mol. The zero-order valence-electron chi connectivity index (χ0n) is 20.1. The molecule has 3 aliphatic rings. The fourth-order valence-electron chi connectivity index (χ4n) is 7.37. The monoisotopic (exact) mass is 440 g/mol. The van der Waals surface area contributed by atoms with Crippen molar-refractivity contribution in [1.82, 2.24) is 14.7 Å². The summed E-state index contributed by atoms with van der Waals surface area (Å²) in [6.07, 6.45) is 14.3. The molecule has 1 N–H and O–H groups in total. The number of carbonyl (C=O) groups excluding carboxylic acids is 1. The van der Waals surface area contributed by atoms with Crippen LogP contribution in [0.4, 0.5) is 0 Å². The number of piperidine rings is 1. The van der Waals surface area contributed by atoms with E-state index in [2.05, 4.69) is 29.9 Å². The van der Waals surface area contributed by atoms with E-state index >= 15 is 0 Å². The van der Waals surface area contributed by atoms with Gasteiger partial charge in [-0.3, -0.25) is 9.48 Å². The van der Waals surface area contributed by atoms with Crippen LogP contribution in [0, 0.1) is 35.0 Å². The van der Waals surface area contributed by atoms with E-state index in [0.29, 0.717) is 17.4 Å². The molecular weight excluding hydrogens is 400 g/mol. The quantitative estimate of drug-likeness (QED) is 0.730. The number of hydrogen-bond acceptors (Lipinski definition) is 4. The van der Waals surface area contributed by atoms with Crippen molar-refractivity contribution in [3.05, 3.63) is 18.0 Å². The van der Waals surface area contributed by atoms with Gasteiger partial charge in [0.15, 0.2) is 0 Å². The summed E-state index contributed by atoms with van der Waals surface area (Å²) in [5.74, 6) is 2.79. The summed E-state index contributed by atoms with van der Waals surface area (Å²) < 4.78 is 1.61. The molecule has 0 bridgehead atoms. The molecule has 6 heteroatoms. The normalized spacial score (nSPS) is 37.5. The largest absolute Gasteiger partial charge is 0.390 e. The van der Waals surface area contributed by atoms with Gasteiger partial charge in [-0.05, 0) is 88.9 Å². The van der Waals surface area contributed by atoms with Crippen LogP contribution in [0.5, 0.6) is 0 Å². The minimum atomic E-state index is -0.480. The lowest BCUT2D eigenvalue weighted by Gasteiger charge is -2.59. The Bertz CT molecular complexity index is 846. The molecule has 3 fully saturated rings. The number of rotatable bonds is 5. The van der Waals surface area contributed by atoms with Crippen molar-refractivity contribution in [3.8, 4) is 6.07 Å². The smallest absolute Gasteiger partial charge is 0.244 e. The number of aromatic nitrogens is 2. The number of fused-ring (bicyclic) bond motifs is 1. The Balaban J connectivity index is 1.51. The number of likely N-dealkylation sites (tertiary alicyclic amines) is 1. The summed E-state index contributed by atoms with van der Waals surface area (Å²) >= 11 is 0. The number of nitrogens with zero attached hydrogens (tertiary/aromatic N) is 4. The highest BCUT2D eigenvalue weighted by Crippen LogP contribution is 2.54. The Kier molecular flexibility index (Phi) is 6.68. The third kappa shape index (κ3) is 4.46. The number of carbonyl (C=O) groups is 1. The number of aliphatic hydroxyl groups is 1. The highest BCUT2D eigenvalue weighted by molar-refractivity contribution is 5.77. The van der Waals surface area contributed by atoms with E-state index in [1.54, 1.807) is 10.9 Å². The van der Waals surface area contributed by atoms with E-state index < -0.39 is 5.60 Å². The molecule has 0 radical (unpaired) electrons. The van der Waals surface area contributed by atoms with Gasteiger partial charge in [0.2, 0.25) is 5.91 Å². The molecule has 3 unspecified atom stereocenters. The van der Waals surface area contributed by atoms with E-state index in [4.69, 9.17) is 5.26 Å². The highest BCUT2D eigenvalue weighted by atomic mass is 16.3. The minimum absolute atomic E-state index is 0.0863. The molecule has 1 saturated heterocycles. The van der Waals surface area contributed by atoms with E-state index in [-0.39, 0.29) is 18.0 Å². The van der Waals surface area contributed by atoms with Crippen LogP contribution in [0.25, 0.3) is 0 Å². The molecular formula is C26H40N4O2. The molecule has 32 heavy (non-hydrogen) atoms. The summed E-state index contributed by atoms with van der Waals surface area (Å²) in [4.78, 5) is 15.6. The maximum absolute atomic E-state index is 13.4. The van der Waals surface area contributed by atoms with Gasteiger partial charge in [0.1, 0.15) is 12.6 Å². The zero-order valence-corrected chi connectivity index (χ0v) is 20.1. The van der Waals surface area contributed by atoms with Gasteiger partial charge in [-0.25, -0.2) is 0 Å². The van der Waals surface area contributed by atoms with E-state index in [1.807, 2.05) is 6.92 Å². The van der Waals surface area contributed by atoms with Crippen molar-refractivity contribution in [3.63, 3.8) is 0 Å². The SMILES string of the molecule is CCCC1C2CCCN(C(=O)Cn3cc(C#N)cn3)[C@@]2(C)CCC1[C@H]1CC[C@@](C)(O)CC1. The summed E-state index contributed by atoms with van der Waals surface area (Å²) in [5.41, 5.74) is -0.0707. The summed E-state index contributed by atoms with van der Waals surface area (Å²) in [6, 6.07) is 2.09. The van der Waals surface area contributed by atoms with Crippen molar-refractivity contribution in [2.45, 2.75) is 103 Å². The van der Waals surface area contributed by atoms with Crippen LogP contribution >= 0.6 is 0 Å². The number of nitriles is 1. The van der Waals surface area contributed by atoms with Crippen molar-refractivity contribution < 1.29 is 9.90 Å². The Labute approximate surface area is 193 Å². The lowest BCUT2D eigenvalue weighted by molar-refractivity contribution is -0.153. The fourth-order valence-corrected chi connectivity index (χ4v) is 7.37. The van der Waals surface area contributed by atoms with Crippen molar-refractivity contribution in [2.75, 3.05) is 6.54 Å². The van der Waals surface area contributed by atoms with Crippen LogP contribution in [-0.2, 0) is 11.3 Å². The number of hydrogen-bond donors (Lipinski definition) is 1. The van der Waals surface area contributed by atoms with Crippen molar-refractivity contribution in [2.24, 2.45) is 23.7 Å². The molecule has 2 heterocycles. The van der Waals surface area contributed by atoms with Gasteiger partial charge < -0.3 is 10.0 Å². The Morgan fingerprint density at radius 2 is 2.00 bits per heavy atom. The Morgan fingerprint density at radius 3 is 2.66 bits per heavy atom. The predicted octanol–water partition coefficient (Wildman–Crippen LogP) is 4.52. The van der Waals surface area contributed by atoms with Gasteiger partial charge in [0, 0.05) is 18.3 Å². The molecule has 4 atom stereocenters. The van der Waals surface area contributed by atoms with Crippen LogP contribution in [0.3, 0.4) is 0 Å². The molecule has 0 spiro atoms. The first-order chi connectivity index (χ1) is 15.3. The fraction of sp³-hybridized carbons (Fsp3) is 0.808. The maximum Gasteiger partial charge on any atom is 0.244 e. The van der Waals surface area contributed by atoms with Gasteiger partial charge in [0.25, 0.3) is 0 Å². The van der Waals surface area contributed by atoms with E-state index in [1.165, 1.54) is 31.9 Å². The molecule has 1 aromatic heterocycles. The molecule has 4 rings (SSSR count). The minimum Gasteiger partial charge on any atom is -0.390 e. The molecule has 6 nitrogen and oxygen atoms in total. The van der Waals surface area contributed by atoms with Crippen molar-refractivity contribution >= 4 is 5.91 Å². The second-order valence-corrected chi connectivity index (χ2v) is 11.2. The Morgan fingerprint density at radius 1 is 1.25 bits per heavy atom. The van der Waals surface area contributed by atoms with Crippen molar-refractivity contribution in [1.29, 1.82) is 5.26 Å². The first-order valence-electron chi connectivity index (χ1n) is 12.7. The highest BCUT2D eigenvalue weighted by Gasteiger charge is 2.53. The molecule has 176 valence electrons. The topological polar surface area (TPSA) is 82.2 Å². The van der Waals surface area contributed by atoms with E-state index in [9.17, 15) is 9.90 Å². The van der Waals surface area contributed by atoms with Gasteiger partial charge in [-0.15, -0.1) is 0 Å². The summed E-state index contributed by atoms with van der Waals surface area (Å²) in [6.45, 7) is 7.67. The van der Waals surface area contributed by atoms with Crippen LogP contribution in [0.2, 0.25) is 0 Å². The first kappa shape index (κ1) is 23.3. The van der Waals surface area contributed by atoms with Crippen LogP contribution in [0.15, 0.2) is 12.4 Å². The van der Waals surface area contributed by atoms with Gasteiger partial charge in [-0.1, -0.05) is 19.8 Å². The molecule has 2 aliphatic carbocycles. The lowest BCUT2D eigenvalue weighted by Crippen LogP contribution is -2.63. The third-order valence-electron chi connectivity index (χ3n) is 9.06. The van der Waals surface area contributed by atoms with Gasteiger partial charge in [-0.2, -0.15) is 10.4 Å². The number of amides is 1. The first-order valence-corrected chi connectivity index (χ1v) is 12.7. The standard InChI is InChI=1S/C26H40N4O2/c1-4-6-22-21(20-8-11-25(2,32)12-9-20)10-13-26(3)23(22)7-5-14-30(26)24(31)18-29-17-19(15-27)16-28-29/h16-17,20-23,32H,4-14,18H2,1-3H3/t20-,21?,22?,23?,25+,26-/m0/s1. The third-order valence-corrected chi connectivity index (χ3v) is 9.06. The molecule has 1 amide bonds. The lowest BCUT2D eigenvalue weighted by atomic mass is 9.54. The van der Waals surface area contributed by atoms with Crippen LogP contribution in [-0.4, -0.2) is 43.4 Å². The van der Waals surface area contributed by atoms with Gasteiger partial charge >= 0.3 is 0 Å². The maximum atomic E-state index is 13.4. The molecule has 1 aromatic rings. The summed E-state index contributed by atoms with van der Waals surface area (Å²) in [5, 5.41) is 23.7. The molecule has 0 aromatic carbocycles. The average molecular weight is 441 g/mol.